The number of rotatable bonds is 5. The van der Waals surface area contributed by atoms with Crippen LogP contribution in [0.2, 0.25) is 0 Å². The third-order valence-electron chi connectivity index (χ3n) is 2.69. The minimum absolute atomic E-state index is 0.152. The molecule has 0 bridgehead atoms. The third kappa shape index (κ3) is 3.42. The Kier molecular flexibility index (Phi) is 4.30. The summed E-state index contributed by atoms with van der Waals surface area (Å²) in [5, 5.41) is 3.15. The molecule has 2 N–H and O–H groups in total. The Hall–Kier alpha value is -2.14. The molecule has 0 aliphatic carbocycles. The average Bonchev–Trinajstić information content (AvgIpc) is 2.44. The molecule has 0 aliphatic heterocycles. The Morgan fingerprint density at radius 2 is 2.21 bits per heavy atom. The number of nitrogens with zero attached hydrogens (tertiary/aromatic N) is 1. The molecule has 19 heavy (non-hydrogen) atoms. The first-order chi connectivity index (χ1) is 9.22. The Bertz CT molecular complexity index is 608. The summed E-state index contributed by atoms with van der Waals surface area (Å²) in [6.07, 6.45) is 0. The third-order valence-corrected chi connectivity index (χ3v) is 2.69. The second-order valence-corrected chi connectivity index (χ2v) is 4.10. The lowest BCUT2D eigenvalue weighted by Gasteiger charge is -2.06. The van der Waals surface area contributed by atoms with Gasteiger partial charge in [-0.15, -0.1) is 0 Å². The zero-order valence-electron chi connectivity index (χ0n) is 11.1. The molecule has 1 heterocycles. The molecular formula is C14H17N3O2. The molecule has 0 saturated heterocycles. The van der Waals surface area contributed by atoms with Crippen LogP contribution in [0.1, 0.15) is 12.6 Å². The second-order valence-electron chi connectivity index (χ2n) is 4.10. The van der Waals surface area contributed by atoms with Gasteiger partial charge in [-0.3, -0.25) is 4.79 Å². The van der Waals surface area contributed by atoms with E-state index in [4.69, 9.17) is 4.74 Å². The predicted octanol–water partition coefficient (Wildman–Crippen LogP) is 1.55. The number of hydrogen-bond donors (Lipinski definition) is 2. The van der Waals surface area contributed by atoms with Crippen molar-refractivity contribution in [2.75, 3.05) is 13.7 Å². The van der Waals surface area contributed by atoms with E-state index in [9.17, 15) is 4.79 Å². The Morgan fingerprint density at radius 3 is 2.95 bits per heavy atom. The summed E-state index contributed by atoms with van der Waals surface area (Å²) < 4.78 is 5.17. The highest BCUT2D eigenvalue weighted by atomic mass is 16.5. The Labute approximate surface area is 111 Å². The maximum Gasteiger partial charge on any atom is 0.251 e. The van der Waals surface area contributed by atoms with Gasteiger partial charge in [0.15, 0.2) is 0 Å². The van der Waals surface area contributed by atoms with Gasteiger partial charge in [0.05, 0.1) is 12.8 Å². The van der Waals surface area contributed by atoms with Gasteiger partial charge in [-0.05, 0) is 18.7 Å². The van der Waals surface area contributed by atoms with Gasteiger partial charge >= 0.3 is 0 Å². The summed E-state index contributed by atoms with van der Waals surface area (Å²) in [4.78, 5) is 18.8. The van der Waals surface area contributed by atoms with Crippen LogP contribution in [0.4, 0.5) is 0 Å². The van der Waals surface area contributed by atoms with Gasteiger partial charge in [-0.2, -0.15) is 0 Å². The molecule has 1 aromatic carbocycles. The number of nitrogens with one attached hydrogen (secondary N) is 2. The predicted molar refractivity (Wildman–Crippen MR) is 74.2 cm³/mol. The zero-order chi connectivity index (χ0) is 13.7. The van der Waals surface area contributed by atoms with E-state index in [0.717, 1.165) is 23.6 Å². The zero-order valence-corrected chi connectivity index (χ0v) is 11.1. The first-order valence-electron chi connectivity index (χ1n) is 6.18. The first kappa shape index (κ1) is 13.3. The minimum atomic E-state index is -0.152. The largest absolute Gasteiger partial charge is 0.497 e. The molecule has 0 radical (unpaired) electrons. The maximum absolute atomic E-state index is 11.6. The molecule has 0 atom stereocenters. The van der Waals surface area contributed by atoms with Crippen LogP contribution in [0, 0.1) is 0 Å². The molecule has 0 unspecified atom stereocenters. The topological polar surface area (TPSA) is 67.0 Å². The fourth-order valence-electron chi connectivity index (χ4n) is 1.76. The van der Waals surface area contributed by atoms with Crippen molar-refractivity contribution in [3.63, 3.8) is 0 Å². The lowest BCUT2D eigenvalue weighted by molar-refractivity contribution is 0.415. The Balaban J connectivity index is 2.37. The SMILES string of the molecule is CCNCc1cc(=O)[nH]c(-c2cccc(OC)c2)n1. The molecule has 0 aliphatic rings. The number of benzene rings is 1. The summed E-state index contributed by atoms with van der Waals surface area (Å²) in [7, 11) is 1.61. The van der Waals surface area contributed by atoms with Crippen molar-refractivity contribution in [3.05, 3.63) is 46.4 Å². The van der Waals surface area contributed by atoms with E-state index in [1.165, 1.54) is 6.07 Å². The second kappa shape index (κ2) is 6.15. The van der Waals surface area contributed by atoms with Crippen molar-refractivity contribution in [2.24, 2.45) is 0 Å². The van der Waals surface area contributed by atoms with E-state index in [1.807, 2.05) is 31.2 Å². The van der Waals surface area contributed by atoms with Crippen molar-refractivity contribution >= 4 is 0 Å². The molecule has 0 fully saturated rings. The molecule has 0 amide bonds. The van der Waals surface area contributed by atoms with Crippen LogP contribution < -0.4 is 15.6 Å². The van der Waals surface area contributed by atoms with Crippen LogP contribution in [0.3, 0.4) is 0 Å². The van der Waals surface area contributed by atoms with E-state index in [-0.39, 0.29) is 5.56 Å². The van der Waals surface area contributed by atoms with Gasteiger partial charge in [0.25, 0.3) is 5.56 Å². The van der Waals surface area contributed by atoms with Crippen LogP contribution in [0.25, 0.3) is 11.4 Å². The van der Waals surface area contributed by atoms with Crippen LogP contribution >= 0.6 is 0 Å². The molecule has 5 nitrogen and oxygen atoms in total. The van der Waals surface area contributed by atoms with Crippen molar-refractivity contribution < 1.29 is 4.74 Å². The fraction of sp³-hybridized carbons (Fsp3) is 0.286. The number of methoxy groups -OCH3 is 1. The van der Waals surface area contributed by atoms with Crippen LogP contribution in [0.5, 0.6) is 5.75 Å². The molecule has 2 aromatic rings. The normalized spacial score (nSPS) is 10.4. The summed E-state index contributed by atoms with van der Waals surface area (Å²) in [6.45, 7) is 3.43. The smallest absolute Gasteiger partial charge is 0.251 e. The van der Waals surface area contributed by atoms with Crippen LogP contribution in [-0.2, 0) is 6.54 Å². The lowest BCUT2D eigenvalue weighted by Crippen LogP contribution is -2.17. The highest BCUT2D eigenvalue weighted by Gasteiger charge is 2.05. The highest BCUT2D eigenvalue weighted by Crippen LogP contribution is 2.19. The Morgan fingerprint density at radius 1 is 1.37 bits per heavy atom. The fourth-order valence-corrected chi connectivity index (χ4v) is 1.76. The van der Waals surface area contributed by atoms with Gasteiger partial charge in [0, 0.05) is 18.2 Å². The highest BCUT2D eigenvalue weighted by molar-refractivity contribution is 5.57. The van der Waals surface area contributed by atoms with Crippen molar-refractivity contribution in [2.45, 2.75) is 13.5 Å². The maximum atomic E-state index is 11.6. The van der Waals surface area contributed by atoms with E-state index >= 15 is 0 Å². The van der Waals surface area contributed by atoms with Gasteiger partial charge in [-0.25, -0.2) is 4.98 Å². The molecule has 2 rings (SSSR count). The molecule has 0 saturated carbocycles. The van der Waals surface area contributed by atoms with E-state index in [2.05, 4.69) is 15.3 Å². The minimum Gasteiger partial charge on any atom is -0.497 e. The summed E-state index contributed by atoms with van der Waals surface area (Å²) in [6, 6.07) is 8.95. The first-order valence-corrected chi connectivity index (χ1v) is 6.18. The van der Waals surface area contributed by atoms with Crippen molar-refractivity contribution in [1.82, 2.24) is 15.3 Å². The number of H-pyrrole nitrogens is 1. The molecule has 5 heteroatoms. The summed E-state index contributed by atoms with van der Waals surface area (Å²) in [5.41, 5.74) is 1.40. The average molecular weight is 259 g/mol. The summed E-state index contributed by atoms with van der Waals surface area (Å²) >= 11 is 0. The standard InChI is InChI=1S/C14H17N3O2/c1-3-15-9-11-8-13(18)17-14(16-11)10-5-4-6-12(7-10)19-2/h4-8,15H,3,9H2,1-2H3,(H,16,17,18). The monoisotopic (exact) mass is 259 g/mol. The van der Waals surface area contributed by atoms with E-state index in [0.29, 0.717) is 12.4 Å². The molecule has 100 valence electrons. The number of hydrogen-bond acceptors (Lipinski definition) is 4. The number of aromatic nitrogens is 2. The number of ether oxygens (including phenoxy) is 1. The van der Waals surface area contributed by atoms with Gasteiger partial charge < -0.3 is 15.0 Å². The van der Waals surface area contributed by atoms with E-state index in [1.54, 1.807) is 7.11 Å². The van der Waals surface area contributed by atoms with Crippen LogP contribution in [0.15, 0.2) is 35.1 Å². The number of aromatic amines is 1. The van der Waals surface area contributed by atoms with Crippen molar-refractivity contribution in [1.29, 1.82) is 0 Å². The quantitative estimate of drug-likeness (QED) is 0.855. The van der Waals surface area contributed by atoms with Gasteiger partial charge in [-0.1, -0.05) is 19.1 Å². The molecule has 0 spiro atoms. The lowest BCUT2D eigenvalue weighted by atomic mass is 10.2. The summed E-state index contributed by atoms with van der Waals surface area (Å²) in [5.74, 6) is 1.29. The van der Waals surface area contributed by atoms with Crippen LogP contribution in [-0.4, -0.2) is 23.6 Å². The van der Waals surface area contributed by atoms with Crippen molar-refractivity contribution in [3.8, 4) is 17.1 Å². The molecular weight excluding hydrogens is 242 g/mol. The van der Waals surface area contributed by atoms with E-state index < -0.39 is 0 Å². The molecule has 1 aromatic heterocycles. The van der Waals surface area contributed by atoms with Gasteiger partial charge in [0.1, 0.15) is 11.6 Å². The van der Waals surface area contributed by atoms with Gasteiger partial charge in [0.2, 0.25) is 0 Å².